The molecule has 4 rings (SSSR count). The Labute approximate surface area is 162 Å². The van der Waals surface area contributed by atoms with Gasteiger partial charge in [0, 0.05) is 24.9 Å². The summed E-state index contributed by atoms with van der Waals surface area (Å²) in [5.41, 5.74) is 2.32. The quantitative estimate of drug-likeness (QED) is 0.764. The van der Waals surface area contributed by atoms with E-state index >= 15 is 0 Å². The zero-order valence-corrected chi connectivity index (χ0v) is 15.4. The van der Waals surface area contributed by atoms with Crippen LogP contribution in [0.2, 0.25) is 0 Å². The molecule has 2 saturated heterocycles. The highest BCUT2D eigenvalue weighted by molar-refractivity contribution is 6.01. The average molecular weight is 380 g/mol. The first-order chi connectivity index (χ1) is 13.5. The van der Waals surface area contributed by atoms with Crippen LogP contribution >= 0.6 is 0 Å². The Morgan fingerprint density at radius 3 is 2.25 bits per heavy atom. The van der Waals surface area contributed by atoms with Crippen LogP contribution in [0.25, 0.3) is 0 Å². The van der Waals surface area contributed by atoms with Crippen molar-refractivity contribution in [3.05, 3.63) is 71.0 Å². The molecule has 2 aromatic rings. The Kier molecular flexibility index (Phi) is 4.94. The van der Waals surface area contributed by atoms with Crippen LogP contribution in [0, 0.1) is 5.82 Å². The summed E-state index contributed by atoms with van der Waals surface area (Å²) in [7, 11) is 0. The van der Waals surface area contributed by atoms with Gasteiger partial charge < -0.3 is 4.90 Å². The van der Waals surface area contributed by atoms with Crippen molar-refractivity contribution in [2.45, 2.75) is 38.3 Å². The van der Waals surface area contributed by atoms with E-state index in [9.17, 15) is 18.8 Å². The van der Waals surface area contributed by atoms with E-state index in [2.05, 4.69) is 0 Å². The topological polar surface area (TPSA) is 57.7 Å². The van der Waals surface area contributed by atoms with Crippen LogP contribution in [0.1, 0.15) is 53.2 Å². The summed E-state index contributed by atoms with van der Waals surface area (Å²) in [6, 6.07) is 13.3. The molecule has 2 aromatic carbocycles. The van der Waals surface area contributed by atoms with Crippen LogP contribution < -0.4 is 0 Å². The molecule has 0 aliphatic carbocycles. The zero-order chi connectivity index (χ0) is 19.7. The van der Waals surface area contributed by atoms with Gasteiger partial charge in [-0.05, 0) is 48.2 Å². The Bertz CT molecular complexity index is 892. The Hall–Kier alpha value is -3.02. The lowest BCUT2D eigenvalue weighted by atomic mass is 10.0. The molecule has 2 fully saturated rings. The predicted octanol–water partition coefficient (Wildman–Crippen LogP) is 3.45. The maximum atomic E-state index is 13.2. The maximum Gasteiger partial charge on any atom is 0.254 e. The van der Waals surface area contributed by atoms with Gasteiger partial charge >= 0.3 is 0 Å². The van der Waals surface area contributed by atoms with Gasteiger partial charge in [-0.25, -0.2) is 4.39 Å². The molecule has 0 saturated carbocycles. The lowest BCUT2D eigenvalue weighted by Crippen LogP contribution is -2.30. The molecule has 0 aromatic heterocycles. The number of likely N-dealkylation sites (tertiary alicyclic amines) is 2. The van der Waals surface area contributed by atoms with Gasteiger partial charge in [0.15, 0.2) is 0 Å². The summed E-state index contributed by atoms with van der Waals surface area (Å²) in [6.07, 6.45) is 2.31. The first kappa shape index (κ1) is 18.3. The van der Waals surface area contributed by atoms with Crippen molar-refractivity contribution in [3.63, 3.8) is 0 Å². The van der Waals surface area contributed by atoms with Crippen LogP contribution in [0.5, 0.6) is 0 Å². The number of carbonyl (C=O) groups is 3. The summed E-state index contributed by atoms with van der Waals surface area (Å²) < 4.78 is 13.2. The van der Waals surface area contributed by atoms with E-state index in [1.807, 2.05) is 4.90 Å². The van der Waals surface area contributed by atoms with Crippen molar-refractivity contribution in [2.75, 3.05) is 6.54 Å². The van der Waals surface area contributed by atoms with Crippen LogP contribution in [0.3, 0.4) is 0 Å². The van der Waals surface area contributed by atoms with Crippen LogP contribution in [0.4, 0.5) is 4.39 Å². The minimum atomic E-state index is -0.287. The van der Waals surface area contributed by atoms with Crippen molar-refractivity contribution in [3.8, 4) is 0 Å². The lowest BCUT2D eigenvalue weighted by Gasteiger charge is -2.25. The van der Waals surface area contributed by atoms with E-state index in [-0.39, 0.29) is 49.0 Å². The molecule has 0 radical (unpaired) electrons. The highest BCUT2D eigenvalue weighted by atomic mass is 19.1. The van der Waals surface area contributed by atoms with Crippen molar-refractivity contribution < 1.29 is 18.8 Å². The molecule has 1 atom stereocenters. The fourth-order valence-corrected chi connectivity index (χ4v) is 3.94. The van der Waals surface area contributed by atoms with Crippen molar-refractivity contribution in [2.24, 2.45) is 0 Å². The fraction of sp³-hybridized carbons (Fsp3) is 0.318. The van der Waals surface area contributed by atoms with E-state index in [4.69, 9.17) is 0 Å². The van der Waals surface area contributed by atoms with Gasteiger partial charge in [-0.3, -0.25) is 19.3 Å². The number of amides is 3. The van der Waals surface area contributed by atoms with Crippen molar-refractivity contribution in [1.29, 1.82) is 0 Å². The highest BCUT2D eigenvalue weighted by Crippen LogP contribution is 2.33. The molecule has 0 spiro atoms. The predicted molar refractivity (Wildman–Crippen MR) is 101 cm³/mol. The normalized spacial score (nSPS) is 19.5. The Morgan fingerprint density at radius 1 is 0.964 bits per heavy atom. The molecule has 6 heteroatoms. The number of halogens is 1. The molecule has 2 heterocycles. The number of hydrogen-bond donors (Lipinski definition) is 0. The maximum absolute atomic E-state index is 13.2. The highest BCUT2D eigenvalue weighted by Gasteiger charge is 2.31. The Balaban J connectivity index is 1.47. The van der Waals surface area contributed by atoms with E-state index < -0.39 is 0 Å². The average Bonchev–Trinajstić information content (AvgIpc) is 3.31. The van der Waals surface area contributed by atoms with E-state index in [0.717, 1.165) is 24.0 Å². The molecule has 144 valence electrons. The van der Waals surface area contributed by atoms with E-state index in [0.29, 0.717) is 12.1 Å². The van der Waals surface area contributed by atoms with Gasteiger partial charge in [0.05, 0.1) is 12.6 Å². The third-order valence-electron chi connectivity index (χ3n) is 5.46. The van der Waals surface area contributed by atoms with Crippen LogP contribution in [-0.4, -0.2) is 34.1 Å². The van der Waals surface area contributed by atoms with Crippen molar-refractivity contribution >= 4 is 17.7 Å². The molecule has 3 amide bonds. The monoisotopic (exact) mass is 380 g/mol. The van der Waals surface area contributed by atoms with Crippen LogP contribution in [0.15, 0.2) is 48.5 Å². The first-order valence-electron chi connectivity index (χ1n) is 9.51. The molecular weight excluding hydrogens is 359 g/mol. The Morgan fingerprint density at radius 2 is 1.61 bits per heavy atom. The summed E-state index contributed by atoms with van der Waals surface area (Å²) in [4.78, 5) is 39.6. The molecule has 5 nitrogen and oxygen atoms in total. The first-order valence-corrected chi connectivity index (χ1v) is 9.51. The number of imide groups is 1. The SMILES string of the molecule is O=C1CCC(=O)N1Cc1ccc(C(=O)N2CCCC2c2ccc(F)cc2)cc1. The molecule has 28 heavy (non-hydrogen) atoms. The standard InChI is InChI=1S/C22H21FN2O3/c23-18-9-7-16(8-10-18)19-2-1-13-24(19)22(28)17-5-3-15(4-6-17)14-25-20(26)11-12-21(25)27/h3-10,19H,1-2,11-14H2. The second kappa shape index (κ2) is 7.54. The van der Waals surface area contributed by atoms with Gasteiger partial charge in [-0.2, -0.15) is 0 Å². The minimum absolute atomic E-state index is 0.0485. The smallest absolute Gasteiger partial charge is 0.254 e. The summed E-state index contributed by atoms with van der Waals surface area (Å²) in [6.45, 7) is 0.910. The lowest BCUT2D eigenvalue weighted by molar-refractivity contribution is -0.139. The molecular formula is C22H21FN2O3. The van der Waals surface area contributed by atoms with Gasteiger partial charge in [0.1, 0.15) is 5.82 Å². The van der Waals surface area contributed by atoms with Gasteiger partial charge in [0.25, 0.3) is 5.91 Å². The summed E-state index contributed by atoms with van der Waals surface area (Å²) >= 11 is 0. The third-order valence-corrected chi connectivity index (χ3v) is 5.46. The largest absolute Gasteiger partial charge is 0.332 e. The minimum Gasteiger partial charge on any atom is -0.332 e. The van der Waals surface area contributed by atoms with Gasteiger partial charge in [-0.1, -0.05) is 24.3 Å². The van der Waals surface area contributed by atoms with E-state index in [1.54, 1.807) is 36.4 Å². The van der Waals surface area contributed by atoms with E-state index in [1.165, 1.54) is 17.0 Å². The zero-order valence-electron chi connectivity index (χ0n) is 15.4. The number of carbonyl (C=O) groups excluding carboxylic acids is 3. The van der Waals surface area contributed by atoms with Crippen LogP contribution in [-0.2, 0) is 16.1 Å². The molecule has 1 unspecified atom stereocenters. The number of rotatable bonds is 4. The number of nitrogens with zero attached hydrogens (tertiary/aromatic N) is 2. The molecule has 0 bridgehead atoms. The third kappa shape index (κ3) is 3.54. The molecule has 2 aliphatic heterocycles. The second-order valence-corrected chi connectivity index (χ2v) is 7.28. The van der Waals surface area contributed by atoms with Gasteiger partial charge in [0.2, 0.25) is 11.8 Å². The second-order valence-electron chi connectivity index (χ2n) is 7.28. The van der Waals surface area contributed by atoms with Crippen molar-refractivity contribution in [1.82, 2.24) is 9.80 Å². The molecule has 0 N–H and O–H groups in total. The number of hydrogen-bond acceptors (Lipinski definition) is 3. The summed E-state index contributed by atoms with van der Waals surface area (Å²) in [5, 5.41) is 0. The summed E-state index contributed by atoms with van der Waals surface area (Å²) in [5.74, 6) is -0.648. The fourth-order valence-electron chi connectivity index (χ4n) is 3.94. The number of benzene rings is 2. The van der Waals surface area contributed by atoms with Gasteiger partial charge in [-0.15, -0.1) is 0 Å². The molecule has 2 aliphatic rings.